The minimum Gasteiger partial charge on any atom is -0.368 e. The van der Waals surface area contributed by atoms with Crippen LogP contribution >= 0.6 is 0 Å². The van der Waals surface area contributed by atoms with Gasteiger partial charge >= 0.3 is 11.8 Å². The van der Waals surface area contributed by atoms with Gasteiger partial charge in [-0.3, -0.25) is 9.59 Å². The van der Waals surface area contributed by atoms with Crippen LogP contribution in [0.3, 0.4) is 0 Å². The van der Waals surface area contributed by atoms with E-state index in [1.54, 1.807) is 17.0 Å². The molecule has 2 aromatic carbocycles. The van der Waals surface area contributed by atoms with E-state index in [-0.39, 0.29) is 12.4 Å². The second kappa shape index (κ2) is 8.64. The lowest BCUT2D eigenvalue weighted by molar-refractivity contribution is -0.146. The molecule has 0 aromatic heterocycles. The van der Waals surface area contributed by atoms with E-state index >= 15 is 0 Å². The Morgan fingerprint density at radius 2 is 1.67 bits per heavy atom. The highest BCUT2D eigenvalue weighted by Crippen LogP contribution is 2.17. The molecule has 2 amide bonds. The van der Waals surface area contributed by atoms with E-state index in [4.69, 9.17) is 5.73 Å². The molecule has 3 N–H and O–H groups in total. The fraction of sp³-hybridized carbons (Fsp3) is 0.300. The molecule has 0 saturated carbocycles. The van der Waals surface area contributed by atoms with Gasteiger partial charge < -0.3 is 20.9 Å². The van der Waals surface area contributed by atoms with Crippen molar-refractivity contribution < 1.29 is 14.0 Å². The van der Waals surface area contributed by atoms with Crippen molar-refractivity contribution in [1.82, 2.24) is 10.2 Å². The van der Waals surface area contributed by atoms with Gasteiger partial charge in [0.2, 0.25) is 0 Å². The average molecular weight is 370 g/mol. The van der Waals surface area contributed by atoms with Gasteiger partial charge in [-0.25, -0.2) is 4.39 Å². The molecule has 0 radical (unpaired) electrons. The molecular formula is C20H23FN4O2. The van der Waals surface area contributed by atoms with Crippen LogP contribution in [0.5, 0.6) is 0 Å². The van der Waals surface area contributed by atoms with Crippen LogP contribution in [0, 0.1) is 5.82 Å². The van der Waals surface area contributed by atoms with E-state index in [9.17, 15) is 14.0 Å². The number of amides is 2. The van der Waals surface area contributed by atoms with Crippen LogP contribution in [0.25, 0.3) is 0 Å². The molecule has 3 rings (SSSR count). The van der Waals surface area contributed by atoms with Crippen LogP contribution in [0.15, 0.2) is 48.5 Å². The van der Waals surface area contributed by atoms with Gasteiger partial charge in [-0.2, -0.15) is 0 Å². The molecule has 27 heavy (non-hydrogen) atoms. The van der Waals surface area contributed by atoms with Crippen molar-refractivity contribution in [3.05, 3.63) is 65.5 Å². The highest BCUT2D eigenvalue weighted by atomic mass is 19.1. The summed E-state index contributed by atoms with van der Waals surface area (Å²) in [5.74, 6) is -1.41. The fourth-order valence-corrected chi connectivity index (χ4v) is 3.09. The van der Waals surface area contributed by atoms with E-state index in [0.717, 1.165) is 16.8 Å². The third-order valence-electron chi connectivity index (χ3n) is 4.63. The van der Waals surface area contributed by atoms with Crippen LogP contribution in [0.1, 0.15) is 11.1 Å². The van der Waals surface area contributed by atoms with Crippen molar-refractivity contribution in [3.63, 3.8) is 0 Å². The normalized spacial score (nSPS) is 14.1. The lowest BCUT2D eigenvalue weighted by Gasteiger charge is -2.35. The van der Waals surface area contributed by atoms with E-state index in [1.807, 2.05) is 24.3 Å². The molecule has 1 aliphatic rings. The molecule has 142 valence electrons. The van der Waals surface area contributed by atoms with Crippen molar-refractivity contribution in [2.45, 2.75) is 13.1 Å². The zero-order valence-electron chi connectivity index (χ0n) is 15.0. The maximum absolute atomic E-state index is 13.0. The molecular weight excluding hydrogens is 347 g/mol. The number of hydrogen-bond acceptors (Lipinski definition) is 4. The Balaban J connectivity index is 1.49. The lowest BCUT2D eigenvalue weighted by Crippen LogP contribution is -2.52. The predicted molar refractivity (Wildman–Crippen MR) is 101 cm³/mol. The van der Waals surface area contributed by atoms with Crippen molar-refractivity contribution in [2.24, 2.45) is 5.73 Å². The first-order chi connectivity index (χ1) is 13.1. The van der Waals surface area contributed by atoms with Gasteiger partial charge in [0.15, 0.2) is 0 Å². The Labute approximate surface area is 157 Å². The van der Waals surface area contributed by atoms with Crippen LogP contribution < -0.4 is 16.0 Å². The molecule has 0 unspecified atom stereocenters. The number of halogens is 1. The number of piperazine rings is 1. The van der Waals surface area contributed by atoms with Gasteiger partial charge in [-0.05, 0) is 35.4 Å². The summed E-state index contributed by atoms with van der Waals surface area (Å²) in [6, 6.07) is 13.8. The van der Waals surface area contributed by atoms with E-state index in [2.05, 4.69) is 10.2 Å². The molecule has 0 atom stereocenters. The predicted octanol–water partition coefficient (Wildman–Crippen LogP) is 1.25. The van der Waals surface area contributed by atoms with Gasteiger partial charge in [-0.1, -0.05) is 24.3 Å². The fourth-order valence-electron chi connectivity index (χ4n) is 3.09. The quantitative estimate of drug-likeness (QED) is 0.794. The molecule has 1 fully saturated rings. The summed E-state index contributed by atoms with van der Waals surface area (Å²) in [7, 11) is 0. The molecule has 1 aliphatic heterocycles. The SMILES string of the molecule is NCc1cccc(CNC(=O)C(=O)N2CCN(c3ccc(F)cc3)CC2)c1. The Morgan fingerprint density at radius 3 is 2.33 bits per heavy atom. The third kappa shape index (κ3) is 4.83. The summed E-state index contributed by atoms with van der Waals surface area (Å²) in [5.41, 5.74) is 8.40. The first-order valence-corrected chi connectivity index (χ1v) is 8.92. The molecule has 0 spiro atoms. The van der Waals surface area contributed by atoms with Crippen LogP contribution in [-0.4, -0.2) is 42.9 Å². The summed E-state index contributed by atoms with van der Waals surface area (Å²) in [4.78, 5) is 28.1. The Bertz CT molecular complexity index is 802. The first kappa shape index (κ1) is 18.8. The number of rotatable bonds is 4. The van der Waals surface area contributed by atoms with Gasteiger partial charge in [0.1, 0.15) is 5.82 Å². The molecule has 0 aliphatic carbocycles. The number of nitrogens with zero attached hydrogens (tertiary/aromatic N) is 2. The van der Waals surface area contributed by atoms with Crippen LogP contribution in [-0.2, 0) is 22.7 Å². The van der Waals surface area contributed by atoms with E-state index < -0.39 is 11.8 Å². The smallest absolute Gasteiger partial charge is 0.312 e. The first-order valence-electron chi connectivity index (χ1n) is 8.92. The molecule has 7 heteroatoms. The largest absolute Gasteiger partial charge is 0.368 e. The Kier molecular flexibility index (Phi) is 6.03. The number of nitrogens with one attached hydrogen (secondary N) is 1. The minimum absolute atomic E-state index is 0.277. The van der Waals surface area contributed by atoms with Crippen LogP contribution in [0.2, 0.25) is 0 Å². The van der Waals surface area contributed by atoms with Crippen molar-refractivity contribution in [3.8, 4) is 0 Å². The molecule has 0 bridgehead atoms. The second-order valence-corrected chi connectivity index (χ2v) is 6.46. The summed E-state index contributed by atoms with van der Waals surface area (Å²) >= 11 is 0. The number of hydrogen-bond donors (Lipinski definition) is 2. The number of benzene rings is 2. The topological polar surface area (TPSA) is 78.7 Å². The monoisotopic (exact) mass is 370 g/mol. The van der Waals surface area contributed by atoms with Gasteiger partial charge in [-0.15, -0.1) is 0 Å². The highest BCUT2D eigenvalue weighted by Gasteiger charge is 2.25. The number of anilines is 1. The summed E-state index contributed by atoms with van der Waals surface area (Å²) < 4.78 is 13.0. The molecule has 2 aromatic rings. The second-order valence-electron chi connectivity index (χ2n) is 6.46. The Hall–Kier alpha value is -2.93. The summed E-state index contributed by atoms with van der Waals surface area (Å²) in [5, 5.41) is 2.67. The van der Waals surface area contributed by atoms with E-state index in [1.165, 1.54) is 12.1 Å². The molecule has 6 nitrogen and oxygen atoms in total. The zero-order valence-corrected chi connectivity index (χ0v) is 15.0. The standard InChI is InChI=1S/C20H23FN4O2/c21-17-4-6-18(7-5-17)24-8-10-25(11-9-24)20(27)19(26)23-14-16-3-1-2-15(12-16)13-22/h1-7,12H,8-11,13-14,22H2,(H,23,26). The highest BCUT2D eigenvalue weighted by molar-refractivity contribution is 6.35. The molecule has 1 saturated heterocycles. The minimum atomic E-state index is -0.608. The van der Waals surface area contributed by atoms with Crippen molar-refractivity contribution >= 4 is 17.5 Å². The average Bonchev–Trinajstić information content (AvgIpc) is 2.72. The van der Waals surface area contributed by atoms with Crippen molar-refractivity contribution in [1.29, 1.82) is 0 Å². The summed E-state index contributed by atoms with van der Waals surface area (Å²) in [6.07, 6.45) is 0. The van der Waals surface area contributed by atoms with Gasteiger partial charge in [0.25, 0.3) is 0 Å². The van der Waals surface area contributed by atoms with Crippen LogP contribution in [0.4, 0.5) is 10.1 Å². The number of carbonyl (C=O) groups excluding carboxylic acids is 2. The number of nitrogens with two attached hydrogens (primary N) is 1. The van der Waals surface area contributed by atoms with E-state index in [0.29, 0.717) is 32.7 Å². The molecule has 1 heterocycles. The Morgan fingerprint density at radius 1 is 1.00 bits per heavy atom. The maximum atomic E-state index is 13.0. The summed E-state index contributed by atoms with van der Waals surface area (Å²) in [6.45, 7) is 2.82. The van der Waals surface area contributed by atoms with Crippen molar-refractivity contribution in [2.75, 3.05) is 31.1 Å². The van der Waals surface area contributed by atoms with Gasteiger partial charge in [0, 0.05) is 45.0 Å². The maximum Gasteiger partial charge on any atom is 0.312 e. The number of carbonyl (C=O) groups is 2. The lowest BCUT2D eigenvalue weighted by atomic mass is 10.1. The van der Waals surface area contributed by atoms with Gasteiger partial charge in [0.05, 0.1) is 0 Å². The third-order valence-corrected chi connectivity index (χ3v) is 4.63. The zero-order chi connectivity index (χ0) is 19.2.